The lowest BCUT2D eigenvalue weighted by Gasteiger charge is -2.21. The highest BCUT2D eigenvalue weighted by Crippen LogP contribution is 2.42. The van der Waals surface area contributed by atoms with Gasteiger partial charge < -0.3 is 18.7 Å². The average Bonchev–Trinajstić information content (AvgIpc) is 3.18. The molecule has 0 aliphatic heterocycles. The molecule has 0 aliphatic rings. The summed E-state index contributed by atoms with van der Waals surface area (Å²) >= 11 is 0. The molecule has 0 saturated heterocycles. The average molecular weight is 342 g/mol. The summed E-state index contributed by atoms with van der Waals surface area (Å²) in [5, 5.41) is 23.9. The van der Waals surface area contributed by atoms with Gasteiger partial charge in [0.25, 0.3) is 5.69 Å². The molecule has 0 aliphatic carbocycles. The van der Waals surface area contributed by atoms with Gasteiger partial charge in [-0.1, -0.05) is 0 Å². The molecule has 0 saturated carbocycles. The van der Waals surface area contributed by atoms with E-state index in [1.165, 1.54) is 13.2 Å². The van der Waals surface area contributed by atoms with E-state index in [0.717, 1.165) is 6.07 Å². The van der Waals surface area contributed by atoms with Gasteiger partial charge in [0.05, 0.1) is 24.0 Å². The normalized spacial score (nSPS) is 11.0. The topological polar surface area (TPSA) is 102 Å². The van der Waals surface area contributed by atoms with E-state index in [9.17, 15) is 15.2 Å². The lowest BCUT2D eigenvalue weighted by atomic mass is 9.92. The fourth-order valence-electron chi connectivity index (χ4n) is 2.74. The number of aryl methyl sites for hydroxylation is 2. The Bertz CT molecular complexity index is 883. The smallest absolute Gasteiger partial charge is 0.265 e. The molecule has 3 rings (SSSR count). The number of furan rings is 2. The lowest BCUT2D eigenvalue weighted by Crippen LogP contribution is -2.09. The van der Waals surface area contributed by atoms with Crippen LogP contribution in [-0.2, 0) is 0 Å². The first-order valence-electron chi connectivity index (χ1n) is 7.56. The van der Waals surface area contributed by atoms with Crippen LogP contribution >= 0.6 is 0 Å². The quantitative estimate of drug-likeness (QED) is 0.518. The van der Waals surface area contributed by atoms with Crippen molar-refractivity contribution in [3.05, 3.63) is 75.1 Å². The largest absolute Gasteiger partial charge is 0.868 e. The summed E-state index contributed by atoms with van der Waals surface area (Å²) < 4.78 is 16.5. The minimum absolute atomic E-state index is 0.162. The molecule has 7 nitrogen and oxygen atoms in total. The van der Waals surface area contributed by atoms with Gasteiger partial charge in [0.2, 0.25) is 0 Å². The summed E-state index contributed by atoms with van der Waals surface area (Å²) in [6, 6.07) is 9.57. The Labute approximate surface area is 143 Å². The van der Waals surface area contributed by atoms with Gasteiger partial charge in [-0.15, -0.1) is 0 Å². The summed E-state index contributed by atoms with van der Waals surface area (Å²) in [6.45, 7) is 3.56. The molecule has 3 aromatic rings. The number of hydrogen-bond acceptors (Lipinski definition) is 6. The number of nitro benzene ring substituents is 1. The van der Waals surface area contributed by atoms with Gasteiger partial charge in [-0.25, -0.2) is 0 Å². The maximum Gasteiger partial charge on any atom is 0.265 e. The number of nitro groups is 1. The fourth-order valence-corrected chi connectivity index (χ4v) is 2.74. The van der Waals surface area contributed by atoms with Gasteiger partial charge in [0.15, 0.2) is 0 Å². The Hall–Kier alpha value is -3.22. The van der Waals surface area contributed by atoms with E-state index in [4.69, 9.17) is 13.6 Å². The fraction of sp³-hybridized carbons (Fsp3) is 0.222. The third kappa shape index (κ3) is 3.08. The monoisotopic (exact) mass is 342 g/mol. The van der Waals surface area contributed by atoms with E-state index in [1.807, 2.05) is 0 Å². The Balaban J connectivity index is 2.26. The minimum Gasteiger partial charge on any atom is -0.868 e. The minimum atomic E-state index is -0.716. The second kappa shape index (κ2) is 6.35. The van der Waals surface area contributed by atoms with Crippen molar-refractivity contribution in [1.29, 1.82) is 0 Å². The van der Waals surface area contributed by atoms with Crippen molar-refractivity contribution in [3.63, 3.8) is 0 Å². The van der Waals surface area contributed by atoms with Crippen molar-refractivity contribution in [1.82, 2.24) is 0 Å². The molecule has 130 valence electrons. The van der Waals surface area contributed by atoms with E-state index < -0.39 is 22.3 Å². The van der Waals surface area contributed by atoms with E-state index >= 15 is 0 Å². The van der Waals surface area contributed by atoms with Crippen LogP contribution in [0, 0.1) is 24.0 Å². The third-order valence-electron chi connectivity index (χ3n) is 3.91. The van der Waals surface area contributed by atoms with Crippen LogP contribution in [0.15, 0.2) is 45.2 Å². The second-order valence-corrected chi connectivity index (χ2v) is 5.65. The zero-order chi connectivity index (χ0) is 18.1. The van der Waals surface area contributed by atoms with E-state index in [2.05, 4.69) is 0 Å². The van der Waals surface area contributed by atoms with Crippen molar-refractivity contribution in [2.24, 2.45) is 0 Å². The first-order chi connectivity index (χ1) is 11.9. The van der Waals surface area contributed by atoms with Crippen LogP contribution in [0.1, 0.15) is 34.5 Å². The SMILES string of the molecule is COc1cc(C(c2ccc(C)o2)c2ccc(C)o2)c([O-])c([N+](=O)[O-])c1. The van der Waals surface area contributed by atoms with Crippen molar-refractivity contribution < 1.29 is 23.6 Å². The zero-order valence-electron chi connectivity index (χ0n) is 13.9. The van der Waals surface area contributed by atoms with E-state index in [1.54, 1.807) is 38.1 Å². The standard InChI is InChI=1S/C18H17NO6/c1-10-4-6-15(24-10)17(16-7-5-11(2)25-16)13-8-12(23-3)9-14(18(13)20)19(21)22/h4-9,17,20H,1-3H3/p-1. The number of methoxy groups -OCH3 is 1. The Morgan fingerprint density at radius 1 is 1.04 bits per heavy atom. The molecule has 7 heteroatoms. The van der Waals surface area contributed by atoms with Crippen LogP contribution in [0.4, 0.5) is 5.69 Å². The van der Waals surface area contributed by atoms with E-state index in [-0.39, 0.29) is 11.3 Å². The van der Waals surface area contributed by atoms with Crippen molar-refractivity contribution in [2.75, 3.05) is 7.11 Å². The molecule has 25 heavy (non-hydrogen) atoms. The third-order valence-corrected chi connectivity index (χ3v) is 3.91. The van der Waals surface area contributed by atoms with Crippen molar-refractivity contribution >= 4 is 5.69 Å². The molecule has 0 N–H and O–H groups in total. The number of ether oxygens (including phenoxy) is 1. The molecule has 0 unspecified atom stereocenters. The summed E-state index contributed by atoms with van der Waals surface area (Å²) in [5.74, 6) is 1.07. The molecule has 0 bridgehead atoms. The highest BCUT2D eigenvalue weighted by Gasteiger charge is 2.27. The molecule has 2 aromatic heterocycles. The maximum atomic E-state index is 12.7. The molecule has 2 heterocycles. The maximum absolute atomic E-state index is 12.7. The van der Waals surface area contributed by atoms with Crippen LogP contribution in [0.2, 0.25) is 0 Å². The van der Waals surface area contributed by atoms with Gasteiger partial charge >= 0.3 is 0 Å². The van der Waals surface area contributed by atoms with Gasteiger partial charge in [-0.2, -0.15) is 0 Å². The van der Waals surface area contributed by atoms with Crippen LogP contribution in [0.25, 0.3) is 0 Å². The molecular weight excluding hydrogens is 326 g/mol. The first-order valence-corrected chi connectivity index (χ1v) is 7.56. The number of rotatable bonds is 5. The van der Waals surface area contributed by atoms with Gasteiger partial charge in [-0.05, 0) is 55.5 Å². The predicted octanol–water partition coefficient (Wildman–Crippen LogP) is 3.66. The molecule has 0 fully saturated rings. The zero-order valence-corrected chi connectivity index (χ0v) is 13.9. The number of nitrogens with zero attached hydrogens (tertiary/aromatic N) is 1. The molecule has 0 amide bonds. The van der Waals surface area contributed by atoms with Gasteiger partial charge in [0.1, 0.15) is 28.8 Å². The van der Waals surface area contributed by atoms with Crippen LogP contribution in [0.5, 0.6) is 11.5 Å². The molecular formula is C18H16NO6-. The molecule has 0 radical (unpaired) electrons. The number of benzene rings is 1. The summed E-state index contributed by atoms with van der Waals surface area (Å²) in [5.41, 5.74) is -0.388. The van der Waals surface area contributed by atoms with Crippen LogP contribution in [-0.4, -0.2) is 12.0 Å². The van der Waals surface area contributed by atoms with Crippen LogP contribution < -0.4 is 9.84 Å². The highest BCUT2D eigenvalue weighted by atomic mass is 16.6. The predicted molar refractivity (Wildman–Crippen MR) is 86.9 cm³/mol. The highest BCUT2D eigenvalue weighted by molar-refractivity contribution is 5.58. The molecule has 0 spiro atoms. The van der Waals surface area contributed by atoms with Crippen LogP contribution in [0.3, 0.4) is 0 Å². The summed E-state index contributed by atoms with van der Waals surface area (Å²) in [7, 11) is 1.39. The Kier molecular flexibility index (Phi) is 4.22. The number of hydrogen-bond donors (Lipinski definition) is 0. The lowest BCUT2D eigenvalue weighted by molar-refractivity contribution is -0.398. The van der Waals surface area contributed by atoms with Gasteiger partial charge in [0, 0.05) is 0 Å². The molecule has 0 atom stereocenters. The Morgan fingerprint density at radius 3 is 2.00 bits per heavy atom. The summed E-state index contributed by atoms with van der Waals surface area (Å²) in [4.78, 5) is 10.5. The van der Waals surface area contributed by atoms with Crippen molar-refractivity contribution in [3.8, 4) is 11.5 Å². The first kappa shape index (κ1) is 16.6. The molecule has 1 aromatic carbocycles. The van der Waals surface area contributed by atoms with Gasteiger partial charge in [-0.3, -0.25) is 10.1 Å². The van der Waals surface area contributed by atoms with Crippen molar-refractivity contribution in [2.45, 2.75) is 19.8 Å². The van der Waals surface area contributed by atoms with E-state index in [0.29, 0.717) is 23.0 Å². The Morgan fingerprint density at radius 2 is 1.60 bits per heavy atom. The summed E-state index contributed by atoms with van der Waals surface area (Å²) in [6.07, 6.45) is 0. The second-order valence-electron chi connectivity index (χ2n) is 5.65.